The Labute approximate surface area is 125 Å². The first-order chi connectivity index (χ1) is 10.2. The van der Waals surface area contributed by atoms with Crippen LogP contribution in [0.3, 0.4) is 0 Å². The van der Waals surface area contributed by atoms with Crippen LogP contribution in [0, 0.1) is 0 Å². The minimum atomic E-state index is -0.117. The highest BCUT2D eigenvalue weighted by Gasteiger charge is 2.27. The zero-order valence-corrected chi connectivity index (χ0v) is 12.6. The standard InChI is InChI=1S/C16H22N4O/c1-11(2)20-15(18-10-19-20)9-14(17)16-13-6-4-3-5-12(13)7-8-21-16/h3-6,10-11,14,16H,7-9,17H2,1-2H3. The molecule has 2 atom stereocenters. The number of nitrogens with zero attached hydrogens (tertiary/aromatic N) is 3. The summed E-state index contributed by atoms with van der Waals surface area (Å²) in [6, 6.07) is 8.56. The highest BCUT2D eigenvalue weighted by atomic mass is 16.5. The maximum atomic E-state index is 6.42. The van der Waals surface area contributed by atoms with E-state index in [1.165, 1.54) is 11.1 Å². The first-order valence-electron chi connectivity index (χ1n) is 7.50. The van der Waals surface area contributed by atoms with Gasteiger partial charge in [0.05, 0.1) is 12.7 Å². The minimum absolute atomic E-state index is 0.0627. The molecule has 2 unspecified atom stereocenters. The summed E-state index contributed by atoms with van der Waals surface area (Å²) in [5, 5.41) is 4.27. The van der Waals surface area contributed by atoms with E-state index in [0.29, 0.717) is 6.42 Å². The van der Waals surface area contributed by atoms with Gasteiger partial charge in [-0.15, -0.1) is 0 Å². The number of benzene rings is 1. The number of rotatable bonds is 4. The topological polar surface area (TPSA) is 66.0 Å². The summed E-state index contributed by atoms with van der Waals surface area (Å²) in [7, 11) is 0. The monoisotopic (exact) mass is 286 g/mol. The summed E-state index contributed by atoms with van der Waals surface area (Å²) in [4.78, 5) is 4.34. The molecule has 1 aromatic heterocycles. The summed E-state index contributed by atoms with van der Waals surface area (Å²) < 4.78 is 7.86. The molecule has 0 saturated carbocycles. The van der Waals surface area contributed by atoms with Gasteiger partial charge >= 0.3 is 0 Å². The summed E-state index contributed by atoms with van der Waals surface area (Å²) in [6.07, 6.45) is 3.16. The van der Waals surface area contributed by atoms with Crippen molar-refractivity contribution in [3.63, 3.8) is 0 Å². The number of hydrogen-bond acceptors (Lipinski definition) is 4. The molecule has 0 spiro atoms. The molecular weight excluding hydrogens is 264 g/mol. The molecule has 0 radical (unpaired) electrons. The fourth-order valence-electron chi connectivity index (χ4n) is 2.95. The smallest absolute Gasteiger partial charge is 0.138 e. The Bertz CT molecular complexity index is 608. The van der Waals surface area contributed by atoms with Gasteiger partial charge in [-0.1, -0.05) is 24.3 Å². The van der Waals surface area contributed by atoms with Crippen LogP contribution < -0.4 is 5.73 Å². The van der Waals surface area contributed by atoms with E-state index in [0.717, 1.165) is 18.9 Å². The van der Waals surface area contributed by atoms with Gasteiger partial charge in [0.1, 0.15) is 12.2 Å². The fraction of sp³-hybridized carbons (Fsp3) is 0.500. The van der Waals surface area contributed by atoms with Gasteiger partial charge in [-0.05, 0) is 31.4 Å². The maximum Gasteiger partial charge on any atom is 0.138 e. The van der Waals surface area contributed by atoms with E-state index in [9.17, 15) is 0 Å². The molecule has 0 saturated heterocycles. The van der Waals surface area contributed by atoms with Crippen LogP contribution in [0.1, 0.15) is 42.9 Å². The lowest BCUT2D eigenvalue weighted by Gasteiger charge is -2.30. The van der Waals surface area contributed by atoms with E-state index in [4.69, 9.17) is 10.5 Å². The van der Waals surface area contributed by atoms with E-state index in [-0.39, 0.29) is 18.2 Å². The van der Waals surface area contributed by atoms with Gasteiger partial charge in [-0.2, -0.15) is 5.10 Å². The Morgan fingerprint density at radius 2 is 2.19 bits per heavy atom. The molecule has 5 nitrogen and oxygen atoms in total. The van der Waals surface area contributed by atoms with Gasteiger partial charge in [0.2, 0.25) is 0 Å². The predicted molar refractivity (Wildman–Crippen MR) is 80.9 cm³/mol. The second kappa shape index (κ2) is 5.95. The first kappa shape index (κ1) is 14.2. The molecule has 2 aromatic rings. The Kier molecular flexibility index (Phi) is 4.03. The van der Waals surface area contributed by atoms with Crippen molar-refractivity contribution in [1.29, 1.82) is 0 Å². The molecule has 0 bridgehead atoms. The molecule has 112 valence electrons. The second-order valence-electron chi connectivity index (χ2n) is 5.82. The molecule has 0 aliphatic carbocycles. The lowest BCUT2D eigenvalue weighted by atomic mass is 9.92. The van der Waals surface area contributed by atoms with Crippen molar-refractivity contribution in [1.82, 2.24) is 14.8 Å². The lowest BCUT2D eigenvalue weighted by molar-refractivity contribution is 0.0239. The highest BCUT2D eigenvalue weighted by Crippen LogP contribution is 2.30. The Morgan fingerprint density at radius 1 is 1.38 bits per heavy atom. The normalized spacial score (nSPS) is 19.5. The molecule has 0 fully saturated rings. The van der Waals surface area contributed by atoms with Gasteiger partial charge < -0.3 is 10.5 Å². The molecule has 3 rings (SSSR count). The van der Waals surface area contributed by atoms with Crippen LogP contribution in [0.15, 0.2) is 30.6 Å². The zero-order chi connectivity index (χ0) is 14.8. The van der Waals surface area contributed by atoms with E-state index in [1.54, 1.807) is 6.33 Å². The van der Waals surface area contributed by atoms with E-state index in [1.807, 2.05) is 10.7 Å². The van der Waals surface area contributed by atoms with Crippen molar-refractivity contribution in [3.05, 3.63) is 47.5 Å². The third-order valence-corrected chi connectivity index (χ3v) is 3.97. The largest absolute Gasteiger partial charge is 0.372 e. The van der Waals surface area contributed by atoms with Gasteiger partial charge in [0.25, 0.3) is 0 Å². The number of fused-ring (bicyclic) bond motifs is 1. The van der Waals surface area contributed by atoms with Gasteiger partial charge in [0, 0.05) is 18.5 Å². The Balaban J connectivity index is 1.80. The van der Waals surface area contributed by atoms with Crippen LogP contribution in [0.25, 0.3) is 0 Å². The molecule has 1 aromatic carbocycles. The fourth-order valence-corrected chi connectivity index (χ4v) is 2.95. The molecule has 5 heteroatoms. The number of ether oxygens (including phenoxy) is 1. The summed E-state index contributed by atoms with van der Waals surface area (Å²) in [5.41, 5.74) is 8.97. The van der Waals surface area contributed by atoms with Crippen LogP contribution in [0.5, 0.6) is 0 Å². The van der Waals surface area contributed by atoms with Gasteiger partial charge in [-0.3, -0.25) is 0 Å². The lowest BCUT2D eigenvalue weighted by Crippen LogP contribution is -2.36. The number of aromatic nitrogens is 3. The zero-order valence-electron chi connectivity index (χ0n) is 12.6. The molecule has 1 aliphatic rings. The third kappa shape index (κ3) is 2.84. The SMILES string of the molecule is CC(C)n1ncnc1CC(N)C1OCCc2ccccc21. The van der Waals surface area contributed by atoms with Crippen LogP contribution in [0.4, 0.5) is 0 Å². The van der Waals surface area contributed by atoms with E-state index < -0.39 is 0 Å². The first-order valence-corrected chi connectivity index (χ1v) is 7.50. The maximum absolute atomic E-state index is 6.42. The minimum Gasteiger partial charge on any atom is -0.372 e. The average Bonchev–Trinajstić information content (AvgIpc) is 2.95. The average molecular weight is 286 g/mol. The predicted octanol–water partition coefficient (Wildman–Crippen LogP) is 2.04. The summed E-state index contributed by atoms with van der Waals surface area (Å²) >= 11 is 0. The quantitative estimate of drug-likeness (QED) is 0.934. The Morgan fingerprint density at radius 3 is 3.00 bits per heavy atom. The van der Waals surface area contributed by atoms with Crippen molar-refractivity contribution < 1.29 is 4.74 Å². The molecule has 0 amide bonds. The van der Waals surface area contributed by atoms with E-state index >= 15 is 0 Å². The van der Waals surface area contributed by atoms with Crippen LogP contribution >= 0.6 is 0 Å². The molecular formula is C16H22N4O. The number of hydrogen-bond donors (Lipinski definition) is 1. The molecule has 2 heterocycles. The van der Waals surface area contributed by atoms with Crippen LogP contribution in [0.2, 0.25) is 0 Å². The third-order valence-electron chi connectivity index (χ3n) is 3.97. The van der Waals surface area contributed by atoms with Gasteiger partial charge in [-0.25, -0.2) is 9.67 Å². The van der Waals surface area contributed by atoms with Crippen LogP contribution in [-0.4, -0.2) is 27.4 Å². The van der Waals surface area contributed by atoms with Crippen LogP contribution in [-0.2, 0) is 17.6 Å². The summed E-state index contributed by atoms with van der Waals surface area (Å²) in [5.74, 6) is 0.921. The van der Waals surface area contributed by atoms with Gasteiger partial charge in [0.15, 0.2) is 0 Å². The summed E-state index contributed by atoms with van der Waals surface area (Å²) in [6.45, 7) is 4.92. The van der Waals surface area contributed by atoms with Crippen molar-refractivity contribution in [2.45, 2.75) is 44.9 Å². The molecule has 1 aliphatic heterocycles. The van der Waals surface area contributed by atoms with Crippen molar-refractivity contribution in [2.75, 3.05) is 6.61 Å². The molecule has 2 N–H and O–H groups in total. The van der Waals surface area contributed by atoms with Crippen molar-refractivity contribution >= 4 is 0 Å². The Hall–Kier alpha value is -1.72. The number of nitrogens with two attached hydrogens (primary N) is 1. The van der Waals surface area contributed by atoms with Crippen molar-refractivity contribution in [2.24, 2.45) is 5.73 Å². The highest BCUT2D eigenvalue weighted by molar-refractivity contribution is 5.32. The van der Waals surface area contributed by atoms with E-state index in [2.05, 4.69) is 42.1 Å². The second-order valence-corrected chi connectivity index (χ2v) is 5.82. The van der Waals surface area contributed by atoms with Crippen molar-refractivity contribution in [3.8, 4) is 0 Å². The molecule has 21 heavy (non-hydrogen) atoms.